The van der Waals surface area contributed by atoms with E-state index >= 15 is 0 Å². The van der Waals surface area contributed by atoms with Gasteiger partial charge in [-0.2, -0.15) is 0 Å². The van der Waals surface area contributed by atoms with Gasteiger partial charge in [-0.15, -0.1) is 0 Å². The van der Waals surface area contributed by atoms with E-state index in [1.54, 1.807) is 7.11 Å². The molecule has 0 amide bonds. The molecule has 1 aromatic rings. The van der Waals surface area contributed by atoms with Crippen LogP contribution in [-0.2, 0) is 19.7 Å². The van der Waals surface area contributed by atoms with Crippen LogP contribution in [0.5, 0.6) is 0 Å². The first kappa shape index (κ1) is 23.1. The topological polar surface area (TPSA) is 27.7 Å². The number of hydrogen-bond acceptors (Lipinski definition) is 3. The Balaban J connectivity index is 2.59. The summed E-state index contributed by atoms with van der Waals surface area (Å²) >= 11 is 0. The van der Waals surface area contributed by atoms with Crippen molar-refractivity contribution in [3.05, 3.63) is 34.9 Å². The van der Waals surface area contributed by atoms with Crippen molar-refractivity contribution in [1.29, 1.82) is 0 Å². The van der Waals surface area contributed by atoms with Crippen LogP contribution in [0.25, 0.3) is 0 Å². The molecule has 0 saturated heterocycles. The van der Waals surface area contributed by atoms with E-state index < -0.39 is 32.1 Å². The van der Waals surface area contributed by atoms with Crippen LogP contribution in [0.15, 0.2) is 6.07 Å². The lowest BCUT2D eigenvalue weighted by atomic mass is 10.1. The Morgan fingerprint density at radius 2 is 1.42 bits per heavy atom. The maximum absolute atomic E-state index is 13.6. The summed E-state index contributed by atoms with van der Waals surface area (Å²) in [5.74, 6) is -6.24. The number of benzene rings is 1. The van der Waals surface area contributed by atoms with Gasteiger partial charge in [0.15, 0.2) is 23.3 Å². The molecule has 0 heterocycles. The normalized spacial score (nSPS) is 12.4. The number of unbranched alkanes of at least 4 members (excludes halogenated alkanes) is 2. The van der Waals surface area contributed by atoms with Gasteiger partial charge in [-0.1, -0.05) is 6.42 Å². The quantitative estimate of drug-likeness (QED) is 0.165. The van der Waals surface area contributed by atoms with E-state index in [0.717, 1.165) is 0 Å². The minimum Gasteiger partial charge on any atom is -0.377 e. The molecule has 0 saturated carbocycles. The summed E-state index contributed by atoms with van der Waals surface area (Å²) < 4.78 is 70.5. The van der Waals surface area contributed by atoms with Crippen molar-refractivity contribution in [3.63, 3.8) is 0 Å². The first-order valence-electron chi connectivity index (χ1n) is 8.84. The van der Waals surface area contributed by atoms with Gasteiger partial charge in [0.1, 0.15) is 0 Å². The number of halogens is 4. The third-order valence-corrected chi connectivity index (χ3v) is 7.00. The SMILES string of the molecule is CO[Si](CCCCCc1cc(F)c(F)c(F)c1F)(OC(C)C)OC(C)C. The molecular weight excluding hydrogens is 368 g/mol. The Bertz CT molecular complexity index is 572. The highest BCUT2D eigenvalue weighted by molar-refractivity contribution is 6.60. The summed E-state index contributed by atoms with van der Waals surface area (Å²) in [6, 6.07) is 1.31. The van der Waals surface area contributed by atoms with E-state index in [4.69, 9.17) is 13.3 Å². The van der Waals surface area contributed by atoms with Crippen molar-refractivity contribution in [2.45, 2.75) is 71.6 Å². The fraction of sp³-hybridized carbons (Fsp3) is 0.667. The average molecular weight is 396 g/mol. The van der Waals surface area contributed by atoms with Gasteiger partial charge in [0.05, 0.1) is 0 Å². The van der Waals surface area contributed by atoms with E-state index in [1.807, 2.05) is 27.7 Å². The van der Waals surface area contributed by atoms with E-state index in [0.29, 0.717) is 31.4 Å². The third kappa shape index (κ3) is 6.64. The molecule has 0 atom stereocenters. The highest BCUT2D eigenvalue weighted by Gasteiger charge is 2.41. The molecule has 1 aromatic carbocycles. The van der Waals surface area contributed by atoms with Crippen molar-refractivity contribution < 1.29 is 30.8 Å². The highest BCUT2D eigenvalue weighted by atomic mass is 28.4. The van der Waals surface area contributed by atoms with Crippen LogP contribution in [0.3, 0.4) is 0 Å². The van der Waals surface area contributed by atoms with Crippen LogP contribution in [0.2, 0.25) is 6.04 Å². The Kier molecular flexibility index (Phi) is 9.22. The van der Waals surface area contributed by atoms with E-state index in [1.165, 1.54) is 0 Å². The Labute approximate surface area is 154 Å². The molecule has 0 aliphatic carbocycles. The van der Waals surface area contributed by atoms with Crippen molar-refractivity contribution in [2.24, 2.45) is 0 Å². The Morgan fingerprint density at radius 3 is 1.92 bits per heavy atom. The third-order valence-electron chi connectivity index (χ3n) is 3.75. The molecule has 0 aliphatic heterocycles. The van der Waals surface area contributed by atoms with E-state index in [2.05, 4.69) is 0 Å². The van der Waals surface area contributed by atoms with E-state index in [-0.39, 0.29) is 24.2 Å². The molecule has 0 aromatic heterocycles. The predicted molar refractivity (Wildman–Crippen MR) is 93.8 cm³/mol. The predicted octanol–water partition coefficient (Wildman–Crippen LogP) is 5.39. The number of hydrogen-bond donors (Lipinski definition) is 0. The second kappa shape index (κ2) is 10.4. The fourth-order valence-electron chi connectivity index (χ4n) is 2.70. The molecule has 0 fully saturated rings. The molecule has 0 unspecified atom stereocenters. The van der Waals surface area contributed by atoms with Crippen molar-refractivity contribution in [1.82, 2.24) is 0 Å². The van der Waals surface area contributed by atoms with Crippen LogP contribution < -0.4 is 0 Å². The maximum Gasteiger partial charge on any atom is 0.501 e. The zero-order chi connectivity index (χ0) is 19.9. The molecule has 26 heavy (non-hydrogen) atoms. The smallest absolute Gasteiger partial charge is 0.377 e. The highest BCUT2D eigenvalue weighted by Crippen LogP contribution is 2.24. The standard InChI is InChI=1S/C18H28F4O3Si/c1-12(2)24-26(23-5,25-13(3)4)10-8-6-7-9-14-11-15(19)17(21)18(22)16(14)20/h11-13H,6-10H2,1-5H3. The minimum atomic E-state index is -2.80. The first-order valence-corrected chi connectivity index (χ1v) is 10.8. The summed E-state index contributed by atoms with van der Waals surface area (Å²) in [5, 5.41) is 0. The van der Waals surface area contributed by atoms with Crippen LogP contribution in [0.1, 0.15) is 52.5 Å². The number of rotatable bonds is 11. The van der Waals surface area contributed by atoms with Gasteiger partial charge in [0, 0.05) is 25.4 Å². The second-order valence-electron chi connectivity index (χ2n) is 6.74. The maximum atomic E-state index is 13.6. The zero-order valence-electron chi connectivity index (χ0n) is 16.0. The van der Waals surface area contributed by atoms with Crippen molar-refractivity contribution >= 4 is 8.80 Å². The van der Waals surface area contributed by atoms with E-state index in [9.17, 15) is 17.6 Å². The van der Waals surface area contributed by atoms with Crippen molar-refractivity contribution in [3.8, 4) is 0 Å². The molecule has 0 aliphatic rings. The largest absolute Gasteiger partial charge is 0.501 e. The van der Waals surface area contributed by atoms with Gasteiger partial charge < -0.3 is 13.3 Å². The van der Waals surface area contributed by atoms with Gasteiger partial charge >= 0.3 is 8.80 Å². The summed E-state index contributed by atoms with van der Waals surface area (Å²) in [6.45, 7) is 7.63. The molecule has 0 bridgehead atoms. The van der Waals surface area contributed by atoms with Gasteiger partial charge in [-0.25, -0.2) is 17.6 Å². The Hall–Kier alpha value is -0.963. The second-order valence-corrected chi connectivity index (χ2v) is 9.49. The summed E-state index contributed by atoms with van der Waals surface area (Å²) in [4.78, 5) is 0. The monoisotopic (exact) mass is 396 g/mol. The fourth-order valence-corrected chi connectivity index (χ4v) is 5.51. The molecule has 3 nitrogen and oxygen atoms in total. The van der Waals surface area contributed by atoms with Crippen LogP contribution >= 0.6 is 0 Å². The van der Waals surface area contributed by atoms with Crippen LogP contribution in [-0.4, -0.2) is 28.1 Å². The minimum absolute atomic E-state index is 0.0420. The molecule has 8 heteroatoms. The lowest BCUT2D eigenvalue weighted by molar-refractivity contribution is 0.0323. The van der Waals surface area contributed by atoms with Gasteiger partial charge in [0.2, 0.25) is 0 Å². The average Bonchev–Trinajstić information content (AvgIpc) is 2.55. The van der Waals surface area contributed by atoms with Crippen LogP contribution in [0.4, 0.5) is 17.6 Å². The molecule has 0 N–H and O–H groups in total. The van der Waals surface area contributed by atoms with Gasteiger partial charge in [0.25, 0.3) is 0 Å². The first-order chi connectivity index (χ1) is 12.1. The molecule has 0 radical (unpaired) electrons. The molecule has 0 spiro atoms. The lowest BCUT2D eigenvalue weighted by Crippen LogP contribution is -2.48. The Morgan fingerprint density at radius 1 is 0.846 bits per heavy atom. The van der Waals surface area contributed by atoms with Gasteiger partial charge in [-0.3, -0.25) is 0 Å². The molecule has 150 valence electrons. The lowest BCUT2D eigenvalue weighted by Gasteiger charge is -2.31. The van der Waals surface area contributed by atoms with Crippen LogP contribution in [0, 0.1) is 23.3 Å². The summed E-state index contributed by atoms with van der Waals surface area (Å²) in [7, 11) is -1.24. The van der Waals surface area contributed by atoms with Crippen molar-refractivity contribution in [2.75, 3.05) is 7.11 Å². The summed E-state index contributed by atoms with van der Waals surface area (Å²) in [5.41, 5.74) is -0.159. The number of aryl methyl sites for hydroxylation is 1. The zero-order valence-corrected chi connectivity index (χ0v) is 17.0. The summed E-state index contributed by atoms with van der Waals surface area (Å²) in [6.07, 6.45) is 1.91. The molecule has 1 rings (SSSR count). The molecular formula is C18H28F4O3Si. The van der Waals surface area contributed by atoms with Gasteiger partial charge in [-0.05, 0) is 58.6 Å².